The minimum atomic E-state index is 0.184. The lowest BCUT2D eigenvalue weighted by molar-refractivity contribution is -0.113. The summed E-state index contributed by atoms with van der Waals surface area (Å²) in [6.45, 7) is 10.3. The molecular formula is C14H22O. The fourth-order valence-electron chi connectivity index (χ4n) is 2.30. The van der Waals surface area contributed by atoms with E-state index in [0.29, 0.717) is 5.92 Å². The molecule has 15 heavy (non-hydrogen) atoms. The van der Waals surface area contributed by atoms with Crippen molar-refractivity contribution in [3.8, 4) is 0 Å². The first-order valence-electron chi connectivity index (χ1n) is 5.70. The van der Waals surface area contributed by atoms with Crippen molar-refractivity contribution >= 4 is 5.78 Å². The van der Waals surface area contributed by atoms with E-state index >= 15 is 0 Å². The van der Waals surface area contributed by atoms with Crippen LogP contribution in [0.3, 0.4) is 0 Å². The third-order valence-corrected chi connectivity index (χ3v) is 3.56. The molecule has 1 unspecified atom stereocenters. The molecule has 0 aromatic rings. The smallest absolute Gasteiger partial charge is 0.155 e. The Morgan fingerprint density at radius 3 is 2.53 bits per heavy atom. The molecule has 0 fully saturated rings. The van der Waals surface area contributed by atoms with Crippen LogP contribution < -0.4 is 0 Å². The second kappa shape index (κ2) is 4.34. The molecule has 1 nitrogen and oxygen atoms in total. The Bertz CT molecular complexity index is 318. The zero-order valence-corrected chi connectivity index (χ0v) is 10.6. The standard InChI is InChI=1S/C14H22O/c1-10-7-6-8-14(4,5)13(10)9-11(2)12(3)15/h7,9,13H,6,8H2,1-5H3/b11-9-. The van der Waals surface area contributed by atoms with Gasteiger partial charge in [-0.25, -0.2) is 0 Å². The summed E-state index contributed by atoms with van der Waals surface area (Å²) in [5.74, 6) is 0.610. The lowest BCUT2D eigenvalue weighted by Crippen LogP contribution is -2.26. The zero-order chi connectivity index (χ0) is 11.6. The molecule has 0 radical (unpaired) electrons. The molecule has 0 amide bonds. The van der Waals surface area contributed by atoms with E-state index in [1.54, 1.807) is 6.92 Å². The summed E-state index contributed by atoms with van der Waals surface area (Å²) in [6.07, 6.45) is 6.83. The molecule has 0 aromatic carbocycles. The van der Waals surface area contributed by atoms with Gasteiger partial charge in [0.25, 0.3) is 0 Å². The number of ketones is 1. The van der Waals surface area contributed by atoms with Gasteiger partial charge in [-0.1, -0.05) is 31.6 Å². The van der Waals surface area contributed by atoms with Crippen molar-refractivity contribution in [3.05, 3.63) is 23.3 Å². The van der Waals surface area contributed by atoms with Crippen LogP contribution in [-0.4, -0.2) is 5.78 Å². The third kappa shape index (κ3) is 2.80. The van der Waals surface area contributed by atoms with Crippen LogP contribution in [0.25, 0.3) is 0 Å². The number of carbonyl (C=O) groups is 1. The molecule has 84 valence electrons. The molecular weight excluding hydrogens is 184 g/mol. The van der Waals surface area contributed by atoms with Gasteiger partial charge >= 0.3 is 0 Å². The molecule has 1 aliphatic carbocycles. The van der Waals surface area contributed by atoms with E-state index in [9.17, 15) is 4.79 Å². The maximum Gasteiger partial charge on any atom is 0.155 e. The molecule has 0 saturated carbocycles. The van der Waals surface area contributed by atoms with Crippen LogP contribution >= 0.6 is 0 Å². The van der Waals surface area contributed by atoms with Gasteiger partial charge in [-0.05, 0) is 44.6 Å². The Balaban J connectivity index is 3.00. The van der Waals surface area contributed by atoms with E-state index in [-0.39, 0.29) is 11.2 Å². The van der Waals surface area contributed by atoms with Gasteiger partial charge in [0, 0.05) is 5.92 Å². The Labute approximate surface area is 93.3 Å². The molecule has 1 atom stereocenters. The predicted octanol–water partition coefficient (Wildman–Crippen LogP) is 3.90. The number of rotatable bonds is 2. The van der Waals surface area contributed by atoms with Crippen molar-refractivity contribution in [1.29, 1.82) is 0 Å². The second-order valence-corrected chi connectivity index (χ2v) is 5.36. The van der Waals surface area contributed by atoms with Crippen molar-refractivity contribution in [2.24, 2.45) is 11.3 Å². The topological polar surface area (TPSA) is 17.1 Å². The second-order valence-electron chi connectivity index (χ2n) is 5.36. The van der Waals surface area contributed by atoms with Crippen molar-refractivity contribution in [2.45, 2.75) is 47.5 Å². The van der Waals surface area contributed by atoms with E-state index in [1.165, 1.54) is 18.4 Å². The summed E-state index contributed by atoms with van der Waals surface area (Å²) < 4.78 is 0. The first-order chi connectivity index (χ1) is 6.84. The minimum Gasteiger partial charge on any atom is -0.295 e. The average Bonchev–Trinajstić information content (AvgIpc) is 2.10. The average molecular weight is 206 g/mol. The summed E-state index contributed by atoms with van der Waals surface area (Å²) in [6, 6.07) is 0. The Morgan fingerprint density at radius 1 is 1.47 bits per heavy atom. The number of hydrogen-bond acceptors (Lipinski definition) is 1. The number of allylic oxidation sites excluding steroid dienone is 4. The summed E-state index contributed by atoms with van der Waals surface area (Å²) in [5, 5.41) is 0. The van der Waals surface area contributed by atoms with Gasteiger partial charge < -0.3 is 0 Å². The molecule has 0 bridgehead atoms. The maximum absolute atomic E-state index is 11.2. The van der Waals surface area contributed by atoms with Crippen LogP contribution in [0, 0.1) is 11.3 Å². The van der Waals surface area contributed by atoms with Crippen molar-refractivity contribution in [3.63, 3.8) is 0 Å². The Hall–Kier alpha value is -0.850. The summed E-state index contributed by atoms with van der Waals surface area (Å²) in [7, 11) is 0. The minimum absolute atomic E-state index is 0.184. The Morgan fingerprint density at radius 2 is 2.07 bits per heavy atom. The van der Waals surface area contributed by atoms with E-state index in [0.717, 1.165) is 5.57 Å². The van der Waals surface area contributed by atoms with Crippen molar-refractivity contribution < 1.29 is 4.79 Å². The lowest BCUT2D eigenvalue weighted by atomic mass is 9.68. The fourth-order valence-corrected chi connectivity index (χ4v) is 2.30. The number of hydrogen-bond donors (Lipinski definition) is 0. The predicted molar refractivity (Wildman–Crippen MR) is 64.7 cm³/mol. The van der Waals surface area contributed by atoms with Gasteiger partial charge in [0.15, 0.2) is 5.78 Å². The van der Waals surface area contributed by atoms with E-state index < -0.39 is 0 Å². The quantitative estimate of drug-likeness (QED) is 0.494. The Kier molecular flexibility index (Phi) is 3.54. The summed E-state index contributed by atoms with van der Waals surface area (Å²) >= 11 is 0. The number of Topliss-reactive ketones (excluding diaryl/α,β-unsaturated/α-hetero) is 1. The molecule has 1 aliphatic rings. The van der Waals surface area contributed by atoms with Gasteiger partial charge in [0.05, 0.1) is 0 Å². The maximum atomic E-state index is 11.2. The summed E-state index contributed by atoms with van der Waals surface area (Å²) in [5.41, 5.74) is 2.59. The molecule has 0 aliphatic heterocycles. The van der Waals surface area contributed by atoms with Crippen LogP contribution in [0.5, 0.6) is 0 Å². The highest BCUT2D eigenvalue weighted by molar-refractivity contribution is 5.92. The fraction of sp³-hybridized carbons (Fsp3) is 0.643. The van der Waals surface area contributed by atoms with Crippen molar-refractivity contribution in [1.82, 2.24) is 0 Å². The molecule has 0 saturated heterocycles. The van der Waals surface area contributed by atoms with Gasteiger partial charge in [-0.2, -0.15) is 0 Å². The van der Waals surface area contributed by atoms with Crippen LogP contribution in [0.2, 0.25) is 0 Å². The first-order valence-corrected chi connectivity index (χ1v) is 5.70. The van der Waals surface area contributed by atoms with Gasteiger partial charge in [-0.15, -0.1) is 0 Å². The van der Waals surface area contributed by atoms with Crippen LogP contribution in [0.4, 0.5) is 0 Å². The highest BCUT2D eigenvalue weighted by atomic mass is 16.1. The van der Waals surface area contributed by atoms with Crippen molar-refractivity contribution in [2.75, 3.05) is 0 Å². The highest BCUT2D eigenvalue weighted by Crippen LogP contribution is 2.42. The molecule has 0 spiro atoms. The van der Waals surface area contributed by atoms with Gasteiger partial charge in [0.1, 0.15) is 0 Å². The normalized spacial score (nSPS) is 26.1. The first kappa shape index (κ1) is 12.2. The number of carbonyl (C=O) groups excluding carboxylic acids is 1. The highest BCUT2D eigenvalue weighted by Gasteiger charge is 2.31. The molecule has 0 aromatic heterocycles. The van der Waals surface area contributed by atoms with Gasteiger partial charge in [-0.3, -0.25) is 4.79 Å². The van der Waals surface area contributed by atoms with Gasteiger partial charge in [0.2, 0.25) is 0 Å². The summed E-state index contributed by atoms with van der Waals surface area (Å²) in [4.78, 5) is 11.2. The third-order valence-electron chi connectivity index (χ3n) is 3.56. The van der Waals surface area contributed by atoms with Crippen LogP contribution in [0.15, 0.2) is 23.3 Å². The molecule has 0 N–H and O–H groups in total. The monoisotopic (exact) mass is 206 g/mol. The lowest BCUT2D eigenvalue weighted by Gasteiger charge is -2.37. The van der Waals surface area contributed by atoms with E-state index in [2.05, 4.69) is 32.9 Å². The van der Waals surface area contributed by atoms with Crippen LogP contribution in [-0.2, 0) is 4.79 Å². The van der Waals surface area contributed by atoms with E-state index in [1.807, 2.05) is 6.92 Å². The molecule has 1 rings (SSSR count). The zero-order valence-electron chi connectivity index (χ0n) is 10.6. The molecule has 0 heterocycles. The van der Waals surface area contributed by atoms with E-state index in [4.69, 9.17) is 0 Å². The largest absolute Gasteiger partial charge is 0.295 e. The molecule has 1 heteroatoms. The van der Waals surface area contributed by atoms with Crippen LogP contribution in [0.1, 0.15) is 47.5 Å². The SMILES string of the molecule is CC(=O)/C(C)=C\C1C(C)=CCCC1(C)C.